The summed E-state index contributed by atoms with van der Waals surface area (Å²) in [5.74, 6) is 2.57. The number of carbonyl (C=O) groups is 1. The molecule has 27 heavy (non-hydrogen) atoms. The summed E-state index contributed by atoms with van der Waals surface area (Å²) < 4.78 is 5.78. The van der Waals surface area contributed by atoms with Gasteiger partial charge in [0.1, 0.15) is 23.7 Å². The van der Waals surface area contributed by atoms with E-state index in [0.29, 0.717) is 11.6 Å². The fourth-order valence-electron chi connectivity index (χ4n) is 3.10. The zero-order chi connectivity index (χ0) is 19.4. The molecule has 1 N–H and O–H groups in total. The summed E-state index contributed by atoms with van der Waals surface area (Å²) in [5.41, 5.74) is 2.33. The number of hydrogen-bond acceptors (Lipinski definition) is 5. The summed E-state index contributed by atoms with van der Waals surface area (Å²) in [6.45, 7) is 10.1. The molecule has 1 aliphatic rings. The Morgan fingerprint density at radius 1 is 1.19 bits per heavy atom. The van der Waals surface area contributed by atoms with E-state index in [4.69, 9.17) is 4.74 Å². The van der Waals surface area contributed by atoms with Crippen LogP contribution in [-0.2, 0) is 4.79 Å². The SMILES string of the molecule is Cc1ccc(OC(C)C(=O)Nc2cc(N3CCC(C)CC3)ncn2)cc1C. The molecule has 2 aromatic rings. The van der Waals surface area contributed by atoms with Gasteiger partial charge in [-0.05, 0) is 62.8 Å². The zero-order valence-electron chi connectivity index (χ0n) is 16.5. The maximum atomic E-state index is 12.5. The number of rotatable bonds is 5. The Labute approximate surface area is 161 Å². The molecule has 0 aliphatic carbocycles. The van der Waals surface area contributed by atoms with Gasteiger partial charge in [0, 0.05) is 19.2 Å². The second kappa shape index (κ2) is 8.37. The van der Waals surface area contributed by atoms with E-state index in [1.54, 1.807) is 6.92 Å². The number of anilines is 2. The Morgan fingerprint density at radius 3 is 2.63 bits per heavy atom. The summed E-state index contributed by atoms with van der Waals surface area (Å²) in [4.78, 5) is 23.3. The molecule has 1 unspecified atom stereocenters. The molecule has 1 aromatic heterocycles. The lowest BCUT2D eigenvalue weighted by atomic mass is 9.99. The maximum absolute atomic E-state index is 12.5. The molecule has 1 fully saturated rings. The number of aryl methyl sites for hydroxylation is 2. The first-order valence-corrected chi connectivity index (χ1v) is 9.54. The molecule has 0 radical (unpaired) electrons. The minimum Gasteiger partial charge on any atom is -0.481 e. The van der Waals surface area contributed by atoms with Crippen LogP contribution in [0.3, 0.4) is 0 Å². The number of amides is 1. The van der Waals surface area contributed by atoms with Crippen molar-refractivity contribution < 1.29 is 9.53 Å². The molecule has 1 saturated heterocycles. The molecule has 1 aromatic carbocycles. The van der Waals surface area contributed by atoms with E-state index in [1.807, 2.05) is 38.1 Å². The van der Waals surface area contributed by atoms with Crippen LogP contribution in [-0.4, -0.2) is 35.1 Å². The van der Waals surface area contributed by atoms with Crippen LogP contribution in [0, 0.1) is 19.8 Å². The number of benzene rings is 1. The third-order valence-electron chi connectivity index (χ3n) is 5.17. The van der Waals surface area contributed by atoms with E-state index in [-0.39, 0.29) is 5.91 Å². The quantitative estimate of drug-likeness (QED) is 0.871. The van der Waals surface area contributed by atoms with Gasteiger partial charge in [0.05, 0.1) is 0 Å². The lowest BCUT2D eigenvalue weighted by molar-refractivity contribution is -0.122. The van der Waals surface area contributed by atoms with E-state index in [0.717, 1.165) is 43.2 Å². The Balaban J connectivity index is 1.61. The third kappa shape index (κ3) is 4.96. The summed E-state index contributed by atoms with van der Waals surface area (Å²) in [7, 11) is 0. The average Bonchev–Trinajstić information content (AvgIpc) is 2.65. The van der Waals surface area contributed by atoms with Gasteiger partial charge in [-0.15, -0.1) is 0 Å². The van der Waals surface area contributed by atoms with Gasteiger partial charge in [-0.3, -0.25) is 4.79 Å². The van der Waals surface area contributed by atoms with E-state index in [2.05, 4.69) is 27.1 Å². The smallest absolute Gasteiger partial charge is 0.266 e. The van der Waals surface area contributed by atoms with Crippen LogP contribution in [0.2, 0.25) is 0 Å². The Kier molecular flexibility index (Phi) is 5.94. The first-order chi connectivity index (χ1) is 12.9. The topological polar surface area (TPSA) is 67.3 Å². The molecule has 6 nitrogen and oxygen atoms in total. The van der Waals surface area contributed by atoms with Crippen LogP contribution < -0.4 is 15.0 Å². The normalized spacial score (nSPS) is 16.1. The number of piperidine rings is 1. The molecule has 1 amide bonds. The summed E-state index contributed by atoms with van der Waals surface area (Å²) >= 11 is 0. The van der Waals surface area contributed by atoms with Crippen LogP contribution in [0.5, 0.6) is 5.75 Å². The van der Waals surface area contributed by atoms with Crippen molar-refractivity contribution in [1.29, 1.82) is 0 Å². The Morgan fingerprint density at radius 2 is 1.93 bits per heavy atom. The van der Waals surface area contributed by atoms with Gasteiger partial charge in [0.15, 0.2) is 6.10 Å². The van der Waals surface area contributed by atoms with Crippen molar-refractivity contribution in [2.45, 2.75) is 46.6 Å². The van der Waals surface area contributed by atoms with Crippen LogP contribution in [0.1, 0.15) is 37.8 Å². The van der Waals surface area contributed by atoms with Gasteiger partial charge in [0.2, 0.25) is 0 Å². The van der Waals surface area contributed by atoms with Crippen LogP contribution >= 0.6 is 0 Å². The maximum Gasteiger partial charge on any atom is 0.266 e. The van der Waals surface area contributed by atoms with Gasteiger partial charge >= 0.3 is 0 Å². The van der Waals surface area contributed by atoms with Crippen molar-refractivity contribution in [2.24, 2.45) is 5.92 Å². The lowest BCUT2D eigenvalue weighted by Gasteiger charge is -2.31. The van der Waals surface area contributed by atoms with Crippen molar-refractivity contribution in [2.75, 3.05) is 23.3 Å². The monoisotopic (exact) mass is 368 g/mol. The predicted molar refractivity (Wildman–Crippen MR) is 107 cm³/mol. The van der Waals surface area contributed by atoms with Crippen LogP contribution in [0.15, 0.2) is 30.6 Å². The Hall–Kier alpha value is -2.63. The highest BCUT2D eigenvalue weighted by Crippen LogP contribution is 2.23. The van der Waals surface area contributed by atoms with Crippen molar-refractivity contribution >= 4 is 17.5 Å². The van der Waals surface area contributed by atoms with Crippen LogP contribution in [0.4, 0.5) is 11.6 Å². The van der Waals surface area contributed by atoms with Gasteiger partial charge in [-0.25, -0.2) is 9.97 Å². The minimum atomic E-state index is -0.624. The molecular formula is C21H28N4O2. The van der Waals surface area contributed by atoms with Crippen LogP contribution in [0.25, 0.3) is 0 Å². The molecule has 0 bridgehead atoms. The van der Waals surface area contributed by atoms with Gasteiger partial charge < -0.3 is 15.0 Å². The van der Waals surface area contributed by atoms with E-state index in [9.17, 15) is 4.79 Å². The molecule has 1 aliphatic heterocycles. The highest BCUT2D eigenvalue weighted by atomic mass is 16.5. The van der Waals surface area contributed by atoms with E-state index in [1.165, 1.54) is 11.9 Å². The standard InChI is InChI=1S/C21H28N4O2/c1-14-7-9-25(10-8-14)20-12-19(22-13-23-20)24-21(26)17(4)27-18-6-5-15(2)16(3)11-18/h5-6,11-14,17H,7-10H2,1-4H3,(H,22,23,24,26). The molecule has 0 spiro atoms. The molecular weight excluding hydrogens is 340 g/mol. The number of aromatic nitrogens is 2. The first kappa shape index (κ1) is 19.1. The largest absolute Gasteiger partial charge is 0.481 e. The first-order valence-electron chi connectivity index (χ1n) is 9.54. The van der Waals surface area contributed by atoms with E-state index >= 15 is 0 Å². The second-order valence-corrected chi connectivity index (χ2v) is 7.43. The molecule has 6 heteroatoms. The van der Waals surface area contributed by atoms with Crippen molar-refractivity contribution in [3.63, 3.8) is 0 Å². The number of hydrogen-bond donors (Lipinski definition) is 1. The van der Waals surface area contributed by atoms with Gasteiger partial charge in [0.25, 0.3) is 5.91 Å². The summed E-state index contributed by atoms with van der Waals surface area (Å²) in [6.07, 6.45) is 3.19. The molecule has 0 saturated carbocycles. The van der Waals surface area contributed by atoms with Crippen molar-refractivity contribution in [3.8, 4) is 5.75 Å². The number of ether oxygens (including phenoxy) is 1. The highest BCUT2D eigenvalue weighted by Gasteiger charge is 2.19. The van der Waals surface area contributed by atoms with Gasteiger partial charge in [-0.1, -0.05) is 13.0 Å². The minimum absolute atomic E-state index is 0.231. The average molecular weight is 368 g/mol. The lowest BCUT2D eigenvalue weighted by Crippen LogP contribution is -2.34. The fourth-order valence-corrected chi connectivity index (χ4v) is 3.10. The zero-order valence-corrected chi connectivity index (χ0v) is 16.5. The molecule has 1 atom stereocenters. The predicted octanol–water partition coefficient (Wildman–Crippen LogP) is 3.74. The van der Waals surface area contributed by atoms with Crippen molar-refractivity contribution in [3.05, 3.63) is 41.7 Å². The fraction of sp³-hybridized carbons (Fsp3) is 0.476. The third-order valence-corrected chi connectivity index (χ3v) is 5.17. The molecule has 2 heterocycles. The second-order valence-electron chi connectivity index (χ2n) is 7.43. The van der Waals surface area contributed by atoms with Gasteiger partial charge in [-0.2, -0.15) is 0 Å². The molecule has 144 valence electrons. The molecule has 3 rings (SSSR count). The highest BCUT2D eigenvalue weighted by molar-refractivity contribution is 5.93. The number of nitrogens with zero attached hydrogens (tertiary/aromatic N) is 3. The number of nitrogens with one attached hydrogen (secondary N) is 1. The number of carbonyl (C=O) groups excluding carboxylic acids is 1. The van der Waals surface area contributed by atoms with E-state index < -0.39 is 6.10 Å². The summed E-state index contributed by atoms with van der Waals surface area (Å²) in [5, 5.41) is 2.83. The Bertz CT molecular complexity index is 801. The van der Waals surface area contributed by atoms with Crippen molar-refractivity contribution in [1.82, 2.24) is 9.97 Å². The summed E-state index contributed by atoms with van der Waals surface area (Å²) in [6, 6.07) is 7.65.